The van der Waals surface area contributed by atoms with E-state index in [4.69, 9.17) is 9.47 Å². The lowest BCUT2D eigenvalue weighted by Crippen LogP contribution is -2.34. The third-order valence-electron chi connectivity index (χ3n) is 4.45. The van der Waals surface area contributed by atoms with Crippen LogP contribution in [-0.2, 0) is 28.7 Å². The van der Waals surface area contributed by atoms with Gasteiger partial charge in [0.2, 0.25) is 0 Å². The van der Waals surface area contributed by atoms with Crippen molar-refractivity contribution in [2.75, 3.05) is 54.5 Å². The van der Waals surface area contributed by atoms with Crippen molar-refractivity contribution in [3.63, 3.8) is 0 Å². The average Bonchev–Trinajstić information content (AvgIpc) is 2.60. The summed E-state index contributed by atoms with van der Waals surface area (Å²) in [7, 11) is 7.46. The molecular weight excluding hydrogens is 388 g/mol. The van der Waals surface area contributed by atoms with Crippen LogP contribution in [-0.4, -0.2) is 87.8 Å². The first kappa shape index (κ1) is 28.2. The number of hydrogen-bond acceptors (Lipinski definition) is 8. The van der Waals surface area contributed by atoms with Gasteiger partial charge >= 0.3 is 11.9 Å². The standard InChI is InChI=1S/C22H40N2O6/c1-15(2)9-17(11-23(5)6)19(25)13-29-21(27)22(28)30-14-20(26)18(10-16(3)4)12-24(7)8/h15-18H,9-14H2,1-8H3. The SMILES string of the molecule is CC(C)CC(CN(C)C)C(=O)COC(=O)C(=O)OCC(=O)C(CC(C)C)CN(C)C. The molecule has 174 valence electrons. The second kappa shape index (κ2) is 14.2. The fourth-order valence-electron chi connectivity index (χ4n) is 3.26. The summed E-state index contributed by atoms with van der Waals surface area (Å²) < 4.78 is 9.66. The minimum Gasteiger partial charge on any atom is -0.449 e. The molecule has 0 heterocycles. The molecular formula is C22H40N2O6. The molecule has 0 aromatic heterocycles. The molecule has 0 aliphatic carbocycles. The highest BCUT2D eigenvalue weighted by atomic mass is 16.6. The average molecular weight is 429 g/mol. The van der Waals surface area contributed by atoms with Crippen LogP contribution in [0.15, 0.2) is 0 Å². The lowest BCUT2D eigenvalue weighted by molar-refractivity contribution is -0.169. The van der Waals surface area contributed by atoms with Crippen LogP contribution in [0.3, 0.4) is 0 Å². The molecule has 2 atom stereocenters. The summed E-state index contributed by atoms with van der Waals surface area (Å²) in [6.07, 6.45) is 1.33. The molecule has 30 heavy (non-hydrogen) atoms. The molecule has 0 radical (unpaired) electrons. The molecule has 0 aliphatic rings. The van der Waals surface area contributed by atoms with E-state index < -0.39 is 25.2 Å². The highest BCUT2D eigenvalue weighted by molar-refractivity contribution is 6.30. The summed E-state index contributed by atoms with van der Waals surface area (Å²) in [4.78, 5) is 52.3. The first-order valence-electron chi connectivity index (χ1n) is 10.5. The zero-order valence-electron chi connectivity index (χ0n) is 19.9. The lowest BCUT2D eigenvalue weighted by Gasteiger charge is -2.22. The second-order valence-electron chi connectivity index (χ2n) is 9.26. The van der Waals surface area contributed by atoms with Gasteiger partial charge in [-0.25, -0.2) is 9.59 Å². The van der Waals surface area contributed by atoms with Crippen LogP contribution in [0.4, 0.5) is 0 Å². The fraction of sp³-hybridized carbons (Fsp3) is 0.818. The van der Waals surface area contributed by atoms with Crippen LogP contribution in [0.1, 0.15) is 40.5 Å². The molecule has 0 aromatic carbocycles. The van der Waals surface area contributed by atoms with Crippen molar-refractivity contribution in [2.24, 2.45) is 23.7 Å². The first-order chi connectivity index (χ1) is 13.8. The zero-order chi connectivity index (χ0) is 23.4. The highest BCUT2D eigenvalue weighted by Gasteiger charge is 2.26. The largest absolute Gasteiger partial charge is 0.449 e. The summed E-state index contributed by atoms with van der Waals surface area (Å²) in [6, 6.07) is 0. The van der Waals surface area contributed by atoms with E-state index in [-0.39, 0.29) is 23.4 Å². The predicted molar refractivity (Wildman–Crippen MR) is 115 cm³/mol. The summed E-state index contributed by atoms with van der Waals surface area (Å²) in [5.41, 5.74) is 0. The normalized spacial score (nSPS) is 13.6. The van der Waals surface area contributed by atoms with Crippen molar-refractivity contribution >= 4 is 23.5 Å². The van der Waals surface area contributed by atoms with Gasteiger partial charge in [-0.3, -0.25) is 9.59 Å². The van der Waals surface area contributed by atoms with E-state index >= 15 is 0 Å². The van der Waals surface area contributed by atoms with Crippen molar-refractivity contribution < 1.29 is 28.7 Å². The van der Waals surface area contributed by atoms with Crippen molar-refractivity contribution in [1.82, 2.24) is 9.80 Å². The molecule has 0 amide bonds. The number of hydrogen-bond donors (Lipinski definition) is 0. The van der Waals surface area contributed by atoms with Crippen LogP contribution in [0, 0.1) is 23.7 Å². The lowest BCUT2D eigenvalue weighted by atomic mass is 9.93. The summed E-state index contributed by atoms with van der Waals surface area (Å²) >= 11 is 0. The Morgan fingerprint density at radius 2 is 0.933 bits per heavy atom. The van der Waals surface area contributed by atoms with Gasteiger partial charge in [0.25, 0.3) is 0 Å². The summed E-state index contributed by atoms with van der Waals surface area (Å²) in [5, 5.41) is 0. The Balaban J connectivity index is 4.63. The van der Waals surface area contributed by atoms with Gasteiger partial charge in [-0.05, 0) is 52.9 Å². The topological polar surface area (TPSA) is 93.2 Å². The van der Waals surface area contributed by atoms with E-state index in [0.29, 0.717) is 37.8 Å². The molecule has 0 spiro atoms. The van der Waals surface area contributed by atoms with Crippen molar-refractivity contribution in [1.29, 1.82) is 0 Å². The van der Waals surface area contributed by atoms with Gasteiger partial charge in [-0.15, -0.1) is 0 Å². The Labute approximate surface area is 181 Å². The van der Waals surface area contributed by atoms with Gasteiger partial charge in [-0.2, -0.15) is 0 Å². The Bertz CT molecular complexity index is 502. The van der Waals surface area contributed by atoms with E-state index in [1.807, 2.05) is 65.7 Å². The van der Waals surface area contributed by atoms with Crippen LogP contribution >= 0.6 is 0 Å². The minimum absolute atomic E-state index is 0.238. The van der Waals surface area contributed by atoms with Gasteiger partial charge in [0.1, 0.15) is 0 Å². The summed E-state index contributed by atoms with van der Waals surface area (Å²) in [5.74, 6) is -2.93. The monoisotopic (exact) mass is 428 g/mol. The summed E-state index contributed by atoms with van der Waals surface area (Å²) in [6.45, 7) is 8.16. The molecule has 0 aliphatic heterocycles. The maximum Gasteiger partial charge on any atom is 0.417 e. The van der Waals surface area contributed by atoms with E-state index in [9.17, 15) is 19.2 Å². The predicted octanol–water partition coefficient (Wildman–Crippen LogP) is 1.66. The number of nitrogens with zero attached hydrogens (tertiary/aromatic N) is 2. The van der Waals surface area contributed by atoms with Gasteiger partial charge in [-0.1, -0.05) is 27.7 Å². The second-order valence-corrected chi connectivity index (χ2v) is 9.26. The molecule has 0 fully saturated rings. The maximum atomic E-state index is 12.4. The van der Waals surface area contributed by atoms with Gasteiger partial charge in [0.05, 0.1) is 0 Å². The van der Waals surface area contributed by atoms with Gasteiger partial charge in [0.15, 0.2) is 24.8 Å². The minimum atomic E-state index is -1.25. The van der Waals surface area contributed by atoms with Crippen molar-refractivity contribution in [3.05, 3.63) is 0 Å². The molecule has 0 N–H and O–H groups in total. The molecule has 0 aromatic rings. The number of Topliss-reactive ketones (excluding diaryl/α,β-unsaturated/α-hetero) is 2. The smallest absolute Gasteiger partial charge is 0.417 e. The van der Waals surface area contributed by atoms with E-state index in [2.05, 4.69) is 0 Å². The molecule has 8 heteroatoms. The number of ketones is 2. The number of ether oxygens (including phenoxy) is 2. The van der Waals surface area contributed by atoms with Crippen molar-refractivity contribution in [3.8, 4) is 0 Å². The molecule has 0 rings (SSSR count). The third kappa shape index (κ3) is 12.7. The van der Waals surface area contributed by atoms with E-state index in [1.165, 1.54) is 0 Å². The Morgan fingerprint density at radius 3 is 1.17 bits per heavy atom. The first-order valence-corrected chi connectivity index (χ1v) is 10.5. The van der Waals surface area contributed by atoms with Crippen LogP contribution < -0.4 is 0 Å². The van der Waals surface area contributed by atoms with Crippen molar-refractivity contribution in [2.45, 2.75) is 40.5 Å². The number of rotatable bonds is 14. The zero-order valence-corrected chi connectivity index (χ0v) is 19.9. The van der Waals surface area contributed by atoms with E-state index in [1.54, 1.807) is 0 Å². The Hall–Kier alpha value is -1.80. The fourth-order valence-corrected chi connectivity index (χ4v) is 3.26. The Kier molecular flexibility index (Phi) is 13.4. The third-order valence-corrected chi connectivity index (χ3v) is 4.45. The Morgan fingerprint density at radius 1 is 0.633 bits per heavy atom. The molecule has 8 nitrogen and oxygen atoms in total. The quantitative estimate of drug-likeness (QED) is 0.305. The van der Waals surface area contributed by atoms with Gasteiger partial charge in [0, 0.05) is 24.9 Å². The van der Waals surface area contributed by atoms with Gasteiger partial charge < -0.3 is 19.3 Å². The van der Waals surface area contributed by atoms with Crippen LogP contribution in [0.5, 0.6) is 0 Å². The maximum absolute atomic E-state index is 12.4. The molecule has 0 bridgehead atoms. The highest BCUT2D eigenvalue weighted by Crippen LogP contribution is 2.15. The molecule has 0 saturated heterocycles. The molecule has 2 unspecified atom stereocenters. The molecule has 0 saturated carbocycles. The van der Waals surface area contributed by atoms with Crippen LogP contribution in [0.2, 0.25) is 0 Å². The number of carbonyl (C=O) groups is 4. The number of esters is 2. The van der Waals surface area contributed by atoms with Crippen LogP contribution in [0.25, 0.3) is 0 Å². The number of carbonyl (C=O) groups excluding carboxylic acids is 4. The van der Waals surface area contributed by atoms with E-state index in [0.717, 1.165) is 0 Å².